The highest BCUT2D eigenvalue weighted by Gasteiger charge is 2.29. The smallest absolute Gasteiger partial charge is 0.200 e. The molecule has 144 valence electrons. The minimum absolute atomic E-state index is 0.0314. The number of pyridine rings is 1. The number of fused-ring (bicyclic) bond motifs is 1. The predicted molar refractivity (Wildman–Crippen MR) is 102 cm³/mol. The van der Waals surface area contributed by atoms with Crippen LogP contribution in [0.2, 0.25) is 0 Å². The highest BCUT2D eigenvalue weighted by molar-refractivity contribution is 5.56. The van der Waals surface area contributed by atoms with Crippen LogP contribution in [0.3, 0.4) is 0 Å². The van der Waals surface area contributed by atoms with E-state index in [1.165, 1.54) is 19.2 Å². The summed E-state index contributed by atoms with van der Waals surface area (Å²) in [4.78, 5) is 15.6. The van der Waals surface area contributed by atoms with E-state index in [-0.39, 0.29) is 11.8 Å². The summed E-state index contributed by atoms with van der Waals surface area (Å²) in [5.41, 5.74) is 3.28. The molecule has 0 fully saturated rings. The molecule has 2 aromatic heterocycles. The standard InChI is InChI=1S/C21H20F2N4O/c1-3-18-14-12-25-21(17-6-4-5-8-24-17)26-16(14)7-9-27(18)13-10-15(22)20(23)19(11-13)28-2/h4-6,8,10-12,18H,3,7,9H2,1-2H3/t18-/m1/s1. The monoisotopic (exact) mass is 382 g/mol. The first kappa shape index (κ1) is 18.3. The van der Waals surface area contributed by atoms with Gasteiger partial charge in [0.2, 0.25) is 5.82 Å². The molecule has 0 spiro atoms. The molecule has 4 rings (SSSR count). The molecule has 0 saturated heterocycles. The molecule has 0 aliphatic carbocycles. The molecule has 3 heterocycles. The van der Waals surface area contributed by atoms with Gasteiger partial charge in [0.15, 0.2) is 17.4 Å². The van der Waals surface area contributed by atoms with Crippen LogP contribution in [-0.4, -0.2) is 28.6 Å². The molecule has 3 aromatic rings. The van der Waals surface area contributed by atoms with Gasteiger partial charge in [0, 0.05) is 48.7 Å². The molecule has 5 nitrogen and oxygen atoms in total. The lowest BCUT2D eigenvalue weighted by molar-refractivity contribution is 0.371. The maximum atomic E-state index is 14.0. The molecule has 28 heavy (non-hydrogen) atoms. The van der Waals surface area contributed by atoms with Crippen molar-refractivity contribution in [3.05, 3.63) is 65.6 Å². The average molecular weight is 382 g/mol. The Labute approximate surface area is 162 Å². The van der Waals surface area contributed by atoms with Crippen molar-refractivity contribution in [1.29, 1.82) is 0 Å². The molecule has 0 saturated carbocycles. The Hall–Kier alpha value is -3.09. The Kier molecular flexibility index (Phi) is 4.90. The molecule has 0 N–H and O–H groups in total. The molecule has 0 unspecified atom stereocenters. The first-order chi connectivity index (χ1) is 13.6. The van der Waals surface area contributed by atoms with Crippen molar-refractivity contribution < 1.29 is 13.5 Å². The van der Waals surface area contributed by atoms with Gasteiger partial charge in [-0.25, -0.2) is 14.4 Å². The van der Waals surface area contributed by atoms with Crippen molar-refractivity contribution in [2.45, 2.75) is 25.8 Å². The number of benzene rings is 1. The third-order valence-corrected chi connectivity index (χ3v) is 5.04. The van der Waals surface area contributed by atoms with Crippen LogP contribution in [0.4, 0.5) is 14.5 Å². The Morgan fingerprint density at radius 2 is 2.07 bits per heavy atom. The van der Waals surface area contributed by atoms with Gasteiger partial charge in [-0.2, -0.15) is 4.39 Å². The van der Waals surface area contributed by atoms with Gasteiger partial charge in [-0.15, -0.1) is 0 Å². The lowest BCUT2D eigenvalue weighted by atomic mass is 9.95. The minimum Gasteiger partial charge on any atom is -0.493 e. The molecule has 1 atom stereocenters. The van der Waals surface area contributed by atoms with Crippen LogP contribution >= 0.6 is 0 Å². The first-order valence-electron chi connectivity index (χ1n) is 9.19. The van der Waals surface area contributed by atoms with E-state index in [1.54, 1.807) is 6.20 Å². The molecule has 1 aromatic carbocycles. The number of hydrogen-bond donors (Lipinski definition) is 0. The topological polar surface area (TPSA) is 51.1 Å². The van der Waals surface area contributed by atoms with Gasteiger partial charge in [0.25, 0.3) is 0 Å². The summed E-state index contributed by atoms with van der Waals surface area (Å²) in [7, 11) is 1.33. The lowest BCUT2D eigenvalue weighted by Crippen LogP contribution is -2.36. The van der Waals surface area contributed by atoms with Gasteiger partial charge < -0.3 is 9.64 Å². The molecule has 0 amide bonds. The second-order valence-electron chi connectivity index (χ2n) is 6.62. The van der Waals surface area contributed by atoms with E-state index in [9.17, 15) is 8.78 Å². The summed E-state index contributed by atoms with van der Waals surface area (Å²) in [5, 5.41) is 0. The Morgan fingerprint density at radius 1 is 1.21 bits per heavy atom. The number of ether oxygens (including phenoxy) is 1. The van der Waals surface area contributed by atoms with Crippen LogP contribution in [0.25, 0.3) is 11.5 Å². The van der Waals surface area contributed by atoms with Gasteiger partial charge in [-0.05, 0) is 18.6 Å². The number of hydrogen-bond acceptors (Lipinski definition) is 5. The second kappa shape index (κ2) is 7.50. The second-order valence-corrected chi connectivity index (χ2v) is 6.62. The summed E-state index contributed by atoms with van der Waals surface area (Å²) in [6.07, 6.45) is 4.99. The quantitative estimate of drug-likeness (QED) is 0.672. The normalized spacial score (nSPS) is 16.0. The summed E-state index contributed by atoms with van der Waals surface area (Å²) >= 11 is 0. The Bertz CT molecular complexity index is 997. The van der Waals surface area contributed by atoms with Crippen LogP contribution < -0.4 is 9.64 Å². The average Bonchev–Trinajstić information content (AvgIpc) is 2.75. The van der Waals surface area contributed by atoms with E-state index >= 15 is 0 Å². The molecule has 7 heteroatoms. The van der Waals surface area contributed by atoms with E-state index in [1.807, 2.05) is 24.4 Å². The highest BCUT2D eigenvalue weighted by Crippen LogP contribution is 2.37. The third-order valence-electron chi connectivity index (χ3n) is 5.04. The number of anilines is 1. The van der Waals surface area contributed by atoms with Gasteiger partial charge >= 0.3 is 0 Å². The highest BCUT2D eigenvalue weighted by atomic mass is 19.2. The van der Waals surface area contributed by atoms with Crippen molar-refractivity contribution >= 4 is 5.69 Å². The van der Waals surface area contributed by atoms with Crippen LogP contribution in [0, 0.1) is 11.6 Å². The first-order valence-corrected chi connectivity index (χ1v) is 9.19. The van der Waals surface area contributed by atoms with Gasteiger partial charge in [-0.3, -0.25) is 4.98 Å². The summed E-state index contributed by atoms with van der Waals surface area (Å²) in [5.74, 6) is -1.40. The van der Waals surface area contributed by atoms with E-state index in [4.69, 9.17) is 9.72 Å². The molecular weight excluding hydrogens is 362 g/mol. The summed E-state index contributed by atoms with van der Waals surface area (Å²) < 4.78 is 32.9. The number of nitrogens with zero attached hydrogens (tertiary/aromatic N) is 4. The fourth-order valence-electron chi connectivity index (χ4n) is 3.69. The Morgan fingerprint density at radius 3 is 2.79 bits per heavy atom. The maximum absolute atomic E-state index is 14.0. The van der Waals surface area contributed by atoms with Crippen molar-refractivity contribution in [2.75, 3.05) is 18.6 Å². The zero-order valence-electron chi connectivity index (χ0n) is 15.7. The Balaban J connectivity index is 1.71. The van der Waals surface area contributed by atoms with Gasteiger partial charge in [0.05, 0.1) is 18.8 Å². The van der Waals surface area contributed by atoms with Crippen LogP contribution in [-0.2, 0) is 6.42 Å². The van der Waals surface area contributed by atoms with Crippen molar-refractivity contribution in [3.8, 4) is 17.3 Å². The predicted octanol–water partition coefficient (Wildman–Crippen LogP) is 4.34. The van der Waals surface area contributed by atoms with E-state index in [2.05, 4.69) is 21.8 Å². The number of halogens is 2. The fraction of sp³-hybridized carbons (Fsp3) is 0.286. The van der Waals surface area contributed by atoms with Crippen molar-refractivity contribution in [1.82, 2.24) is 15.0 Å². The third kappa shape index (κ3) is 3.17. The van der Waals surface area contributed by atoms with E-state index in [0.29, 0.717) is 24.5 Å². The van der Waals surface area contributed by atoms with Crippen LogP contribution in [0.5, 0.6) is 5.75 Å². The molecule has 1 aliphatic heterocycles. The largest absolute Gasteiger partial charge is 0.493 e. The van der Waals surface area contributed by atoms with E-state index < -0.39 is 11.6 Å². The zero-order chi connectivity index (χ0) is 19.7. The summed E-state index contributed by atoms with van der Waals surface area (Å²) in [6.45, 7) is 2.69. The lowest BCUT2D eigenvalue weighted by Gasteiger charge is -2.38. The maximum Gasteiger partial charge on any atom is 0.200 e. The van der Waals surface area contributed by atoms with Crippen molar-refractivity contribution in [2.24, 2.45) is 0 Å². The number of methoxy groups -OCH3 is 1. The number of aromatic nitrogens is 3. The van der Waals surface area contributed by atoms with Gasteiger partial charge in [-0.1, -0.05) is 13.0 Å². The zero-order valence-corrected chi connectivity index (χ0v) is 15.7. The fourth-order valence-corrected chi connectivity index (χ4v) is 3.69. The molecule has 0 radical (unpaired) electrons. The van der Waals surface area contributed by atoms with Crippen molar-refractivity contribution in [3.63, 3.8) is 0 Å². The summed E-state index contributed by atoms with van der Waals surface area (Å²) in [6, 6.07) is 8.35. The molecule has 0 bridgehead atoms. The van der Waals surface area contributed by atoms with Crippen LogP contribution in [0.1, 0.15) is 30.6 Å². The molecule has 1 aliphatic rings. The minimum atomic E-state index is -0.972. The van der Waals surface area contributed by atoms with Gasteiger partial charge in [0.1, 0.15) is 5.69 Å². The SMILES string of the molecule is CC[C@@H]1c2cnc(-c3ccccn3)nc2CCN1c1cc(F)c(F)c(OC)c1. The van der Waals surface area contributed by atoms with E-state index in [0.717, 1.165) is 23.4 Å². The number of rotatable bonds is 4. The van der Waals surface area contributed by atoms with Crippen LogP contribution in [0.15, 0.2) is 42.7 Å². The molecular formula is C21H20F2N4O.